The summed E-state index contributed by atoms with van der Waals surface area (Å²) in [5.74, 6) is 0.317. The zero-order valence-electron chi connectivity index (χ0n) is 10.1. The fourth-order valence-electron chi connectivity index (χ4n) is 2.16. The van der Waals surface area contributed by atoms with Crippen molar-refractivity contribution in [3.05, 3.63) is 34.1 Å². The third-order valence-corrected chi connectivity index (χ3v) is 3.33. The van der Waals surface area contributed by atoms with Crippen LogP contribution in [0.4, 0.5) is 4.39 Å². The van der Waals surface area contributed by atoms with Gasteiger partial charge in [-0.25, -0.2) is 4.39 Å². The summed E-state index contributed by atoms with van der Waals surface area (Å²) in [5.41, 5.74) is 1.01. The SMILES string of the molecule is CCCC(C)C(NC)c1cc(F)cc(Br)c1. The summed E-state index contributed by atoms with van der Waals surface area (Å²) >= 11 is 3.33. The van der Waals surface area contributed by atoms with Crippen molar-refractivity contribution in [2.75, 3.05) is 7.05 Å². The first-order valence-electron chi connectivity index (χ1n) is 5.71. The lowest BCUT2D eigenvalue weighted by Gasteiger charge is -2.24. The molecule has 2 atom stereocenters. The van der Waals surface area contributed by atoms with Gasteiger partial charge in [0, 0.05) is 10.5 Å². The Balaban J connectivity index is 2.94. The predicted molar refractivity (Wildman–Crippen MR) is 70.0 cm³/mol. The number of halogens is 2. The standard InChI is InChI=1S/C13H19BrFN/c1-4-5-9(2)13(16-3)10-6-11(14)8-12(15)7-10/h6-9,13,16H,4-5H2,1-3H3. The predicted octanol–water partition coefficient (Wildman–Crippen LogP) is 4.28. The summed E-state index contributed by atoms with van der Waals surface area (Å²) < 4.78 is 14.1. The summed E-state index contributed by atoms with van der Waals surface area (Å²) in [6.07, 6.45) is 2.29. The van der Waals surface area contributed by atoms with E-state index in [4.69, 9.17) is 0 Å². The third-order valence-electron chi connectivity index (χ3n) is 2.87. The average Bonchev–Trinajstić information content (AvgIpc) is 2.17. The van der Waals surface area contributed by atoms with E-state index in [9.17, 15) is 4.39 Å². The Bertz CT molecular complexity index is 320. The third kappa shape index (κ3) is 3.56. The normalized spacial score (nSPS) is 14.8. The zero-order valence-corrected chi connectivity index (χ0v) is 11.6. The van der Waals surface area contributed by atoms with Crippen molar-refractivity contribution in [1.82, 2.24) is 5.32 Å². The van der Waals surface area contributed by atoms with E-state index in [1.807, 2.05) is 13.1 Å². The van der Waals surface area contributed by atoms with Crippen molar-refractivity contribution in [2.45, 2.75) is 32.7 Å². The number of hydrogen-bond donors (Lipinski definition) is 1. The van der Waals surface area contributed by atoms with Gasteiger partial charge in [0.05, 0.1) is 0 Å². The molecule has 0 spiro atoms. The zero-order chi connectivity index (χ0) is 12.1. The van der Waals surface area contributed by atoms with Gasteiger partial charge in [-0.05, 0) is 43.1 Å². The highest BCUT2D eigenvalue weighted by Gasteiger charge is 2.17. The molecule has 0 saturated heterocycles. The van der Waals surface area contributed by atoms with E-state index in [0.29, 0.717) is 5.92 Å². The number of rotatable bonds is 5. The van der Waals surface area contributed by atoms with Crippen LogP contribution < -0.4 is 5.32 Å². The lowest BCUT2D eigenvalue weighted by Crippen LogP contribution is -2.23. The molecule has 0 amide bonds. The maximum Gasteiger partial charge on any atom is 0.124 e. The van der Waals surface area contributed by atoms with Crippen LogP contribution in [-0.2, 0) is 0 Å². The van der Waals surface area contributed by atoms with Crippen molar-refractivity contribution in [3.63, 3.8) is 0 Å². The topological polar surface area (TPSA) is 12.0 Å². The van der Waals surface area contributed by atoms with Crippen LogP contribution in [0.3, 0.4) is 0 Å². The lowest BCUT2D eigenvalue weighted by molar-refractivity contribution is 0.382. The van der Waals surface area contributed by atoms with Gasteiger partial charge in [-0.15, -0.1) is 0 Å². The lowest BCUT2D eigenvalue weighted by atomic mass is 9.91. The maximum atomic E-state index is 13.3. The molecule has 1 rings (SSSR count). The Morgan fingerprint density at radius 3 is 2.56 bits per heavy atom. The van der Waals surface area contributed by atoms with Gasteiger partial charge in [-0.1, -0.05) is 36.2 Å². The smallest absolute Gasteiger partial charge is 0.124 e. The second kappa shape index (κ2) is 6.36. The second-order valence-electron chi connectivity index (χ2n) is 4.24. The fourth-order valence-corrected chi connectivity index (χ4v) is 2.64. The summed E-state index contributed by atoms with van der Waals surface area (Å²) in [7, 11) is 1.93. The number of hydrogen-bond acceptors (Lipinski definition) is 1. The highest BCUT2D eigenvalue weighted by atomic mass is 79.9. The van der Waals surface area contributed by atoms with Crippen LogP contribution in [0.25, 0.3) is 0 Å². The van der Waals surface area contributed by atoms with Crippen LogP contribution in [0.1, 0.15) is 38.3 Å². The van der Waals surface area contributed by atoms with Crippen molar-refractivity contribution >= 4 is 15.9 Å². The van der Waals surface area contributed by atoms with Gasteiger partial charge in [0.1, 0.15) is 5.82 Å². The first-order chi connectivity index (χ1) is 7.58. The largest absolute Gasteiger partial charge is 0.313 e. The van der Waals surface area contributed by atoms with Gasteiger partial charge in [0.25, 0.3) is 0 Å². The molecule has 2 unspecified atom stereocenters. The van der Waals surface area contributed by atoms with Crippen LogP contribution in [0.15, 0.2) is 22.7 Å². The summed E-state index contributed by atoms with van der Waals surface area (Å²) in [5, 5.41) is 3.27. The van der Waals surface area contributed by atoms with E-state index in [-0.39, 0.29) is 11.9 Å². The minimum absolute atomic E-state index is 0.187. The molecule has 1 nitrogen and oxygen atoms in total. The minimum Gasteiger partial charge on any atom is -0.313 e. The van der Waals surface area contributed by atoms with E-state index in [1.54, 1.807) is 6.07 Å². The minimum atomic E-state index is -0.187. The van der Waals surface area contributed by atoms with E-state index < -0.39 is 0 Å². The van der Waals surface area contributed by atoms with Gasteiger partial charge in [0.2, 0.25) is 0 Å². The van der Waals surface area contributed by atoms with E-state index in [0.717, 1.165) is 22.9 Å². The Morgan fingerprint density at radius 1 is 1.38 bits per heavy atom. The van der Waals surface area contributed by atoms with Crippen molar-refractivity contribution in [1.29, 1.82) is 0 Å². The summed E-state index contributed by atoms with van der Waals surface area (Å²) in [4.78, 5) is 0. The molecule has 16 heavy (non-hydrogen) atoms. The summed E-state index contributed by atoms with van der Waals surface area (Å²) in [6, 6.07) is 5.29. The Kier molecular flexibility index (Phi) is 5.42. The molecule has 0 aliphatic rings. The number of nitrogens with one attached hydrogen (secondary N) is 1. The molecular formula is C13H19BrFN. The van der Waals surface area contributed by atoms with Gasteiger partial charge in [-0.3, -0.25) is 0 Å². The van der Waals surface area contributed by atoms with E-state index in [1.165, 1.54) is 6.07 Å². The molecule has 0 bridgehead atoms. The van der Waals surface area contributed by atoms with Crippen LogP contribution >= 0.6 is 15.9 Å². The molecule has 1 aromatic carbocycles. The quantitative estimate of drug-likeness (QED) is 0.852. The van der Waals surface area contributed by atoms with Gasteiger partial charge in [0.15, 0.2) is 0 Å². The van der Waals surface area contributed by atoms with Crippen molar-refractivity contribution in [2.24, 2.45) is 5.92 Å². The van der Waals surface area contributed by atoms with Crippen LogP contribution in [0, 0.1) is 11.7 Å². The molecule has 1 N–H and O–H groups in total. The Morgan fingerprint density at radius 2 is 2.06 bits per heavy atom. The molecule has 0 radical (unpaired) electrons. The fraction of sp³-hybridized carbons (Fsp3) is 0.538. The molecule has 0 heterocycles. The van der Waals surface area contributed by atoms with Crippen LogP contribution in [0.2, 0.25) is 0 Å². The van der Waals surface area contributed by atoms with E-state index >= 15 is 0 Å². The maximum absolute atomic E-state index is 13.3. The van der Waals surface area contributed by atoms with Gasteiger partial charge in [-0.2, -0.15) is 0 Å². The van der Waals surface area contributed by atoms with Crippen LogP contribution in [-0.4, -0.2) is 7.05 Å². The van der Waals surface area contributed by atoms with E-state index in [2.05, 4.69) is 35.1 Å². The molecular weight excluding hydrogens is 269 g/mol. The highest BCUT2D eigenvalue weighted by molar-refractivity contribution is 9.10. The molecule has 1 aromatic rings. The Hall–Kier alpha value is -0.410. The van der Waals surface area contributed by atoms with Gasteiger partial charge >= 0.3 is 0 Å². The molecule has 0 aromatic heterocycles. The molecule has 90 valence electrons. The van der Waals surface area contributed by atoms with Crippen molar-refractivity contribution < 1.29 is 4.39 Å². The first-order valence-corrected chi connectivity index (χ1v) is 6.51. The number of benzene rings is 1. The average molecular weight is 288 g/mol. The van der Waals surface area contributed by atoms with Gasteiger partial charge < -0.3 is 5.32 Å². The molecule has 3 heteroatoms. The highest BCUT2D eigenvalue weighted by Crippen LogP contribution is 2.27. The molecule has 0 aliphatic heterocycles. The molecule has 0 saturated carbocycles. The first kappa shape index (κ1) is 13.7. The molecule has 0 fully saturated rings. The molecule has 0 aliphatic carbocycles. The van der Waals surface area contributed by atoms with Crippen LogP contribution in [0.5, 0.6) is 0 Å². The summed E-state index contributed by atoms with van der Waals surface area (Å²) in [6.45, 7) is 4.37. The monoisotopic (exact) mass is 287 g/mol. The Labute approximate surface area is 106 Å². The second-order valence-corrected chi connectivity index (χ2v) is 5.15. The van der Waals surface area contributed by atoms with Crippen molar-refractivity contribution in [3.8, 4) is 0 Å².